The number of imide groups is 1. The lowest BCUT2D eigenvalue weighted by molar-refractivity contribution is -0.120. The molecule has 3 aromatic heterocycles. The number of primary amides is 1. The van der Waals surface area contributed by atoms with Crippen molar-refractivity contribution in [3.8, 4) is 23.1 Å². The number of carbonyl (C=O) groups excluding carboxylic acids is 3. The number of hydrogen-bond acceptors (Lipinski definition) is 9. The number of nitrogens with one attached hydrogen (secondary N) is 2. The van der Waals surface area contributed by atoms with Gasteiger partial charge in [-0.25, -0.2) is 14.3 Å². The molecule has 4 aliphatic rings. The number of pyridine rings is 1. The number of amides is 4. The number of imidazole rings is 1. The molecule has 14 heteroatoms. The summed E-state index contributed by atoms with van der Waals surface area (Å²) >= 11 is 6.51. The molecule has 1 saturated carbocycles. The zero-order chi connectivity index (χ0) is 38.1. The van der Waals surface area contributed by atoms with Gasteiger partial charge in [-0.2, -0.15) is 0 Å². The highest BCUT2D eigenvalue weighted by atomic mass is 35.5. The molecule has 0 unspecified atom stereocenters. The third-order valence-corrected chi connectivity index (χ3v) is 10.5. The number of rotatable bonds is 6. The lowest BCUT2D eigenvalue weighted by Crippen LogP contribution is -2.49. The molecule has 9 rings (SSSR count). The molecule has 4 N–H and O–H groups in total. The van der Waals surface area contributed by atoms with Crippen LogP contribution in [-0.2, 0) is 11.2 Å². The fraction of sp³-hybridized carbons (Fsp3) is 0.317. The fourth-order valence-corrected chi connectivity index (χ4v) is 7.43. The molecule has 2 saturated heterocycles. The number of aromatic nitrogens is 4. The minimum atomic E-state index is -0.590. The number of urea groups is 1. The van der Waals surface area contributed by atoms with Gasteiger partial charge in [0.05, 0.1) is 40.2 Å². The SMILES string of the molecule is C1CC1.CNc1cc(N2CCc3c(-c4ccc(N5CCC(C#Cc6ccc(N7CCC(=O)NC7=O)c(Cl)c6)CC5)cn4)cccc32)nn2c(C(N)=O)cnc12. The summed E-state index contributed by atoms with van der Waals surface area (Å²) in [5.74, 6) is 6.75. The molecule has 4 amide bonds. The van der Waals surface area contributed by atoms with E-state index in [1.54, 1.807) is 12.1 Å². The monoisotopic (exact) mass is 756 g/mol. The van der Waals surface area contributed by atoms with Crippen LogP contribution in [0.4, 0.5) is 33.4 Å². The molecule has 2 aromatic carbocycles. The summed E-state index contributed by atoms with van der Waals surface area (Å²) < 4.78 is 1.50. The van der Waals surface area contributed by atoms with E-state index >= 15 is 0 Å². The van der Waals surface area contributed by atoms with Crippen LogP contribution in [0.2, 0.25) is 5.02 Å². The zero-order valence-corrected chi connectivity index (χ0v) is 31.3. The molecule has 3 aliphatic heterocycles. The Labute approximate surface area is 323 Å². The van der Waals surface area contributed by atoms with Crippen molar-refractivity contribution < 1.29 is 14.4 Å². The number of piperidine rings is 1. The Balaban J connectivity index is 0.00000136. The average molecular weight is 757 g/mol. The smallest absolute Gasteiger partial charge is 0.328 e. The van der Waals surface area contributed by atoms with E-state index in [1.165, 1.54) is 40.4 Å². The Kier molecular flexibility index (Phi) is 9.99. The Bertz CT molecular complexity index is 2350. The molecule has 6 heterocycles. The molecule has 3 fully saturated rings. The predicted molar refractivity (Wildman–Crippen MR) is 214 cm³/mol. The third-order valence-electron chi connectivity index (χ3n) is 10.2. The Morgan fingerprint density at radius 1 is 0.927 bits per heavy atom. The van der Waals surface area contributed by atoms with Gasteiger partial charge in [0.1, 0.15) is 5.69 Å². The topological polar surface area (TPSA) is 154 Å². The van der Waals surface area contributed by atoms with E-state index in [0.717, 1.165) is 72.8 Å². The Morgan fingerprint density at radius 3 is 2.42 bits per heavy atom. The molecular formula is C41H41ClN10O3. The van der Waals surface area contributed by atoms with E-state index in [1.807, 2.05) is 31.4 Å². The molecule has 0 bridgehead atoms. The van der Waals surface area contributed by atoms with Crippen molar-refractivity contribution in [2.24, 2.45) is 11.7 Å². The van der Waals surface area contributed by atoms with E-state index in [2.05, 4.69) is 61.5 Å². The van der Waals surface area contributed by atoms with Gasteiger partial charge in [-0.1, -0.05) is 54.8 Å². The van der Waals surface area contributed by atoms with E-state index in [4.69, 9.17) is 27.4 Å². The number of carbonyl (C=O) groups is 3. The van der Waals surface area contributed by atoms with Gasteiger partial charge in [-0.05, 0) is 61.2 Å². The summed E-state index contributed by atoms with van der Waals surface area (Å²) in [6.07, 6.45) is 10.8. The average Bonchev–Trinajstić information content (AvgIpc) is 3.92. The van der Waals surface area contributed by atoms with Gasteiger partial charge >= 0.3 is 6.03 Å². The maximum absolute atomic E-state index is 12.2. The first-order chi connectivity index (χ1) is 26.8. The van der Waals surface area contributed by atoms with Crippen LogP contribution in [0.25, 0.3) is 16.9 Å². The molecule has 5 aromatic rings. The fourth-order valence-electron chi connectivity index (χ4n) is 7.15. The van der Waals surface area contributed by atoms with Crippen molar-refractivity contribution in [3.63, 3.8) is 0 Å². The second kappa shape index (κ2) is 15.3. The van der Waals surface area contributed by atoms with Crippen LogP contribution in [0, 0.1) is 17.8 Å². The van der Waals surface area contributed by atoms with E-state index < -0.39 is 11.9 Å². The highest BCUT2D eigenvalue weighted by Gasteiger charge is 2.28. The van der Waals surface area contributed by atoms with Gasteiger partial charge in [0.2, 0.25) is 5.91 Å². The number of hydrogen-bond donors (Lipinski definition) is 3. The van der Waals surface area contributed by atoms with E-state index in [-0.39, 0.29) is 23.9 Å². The minimum absolute atomic E-state index is 0.225. The van der Waals surface area contributed by atoms with Crippen molar-refractivity contribution in [3.05, 3.63) is 88.8 Å². The number of nitrogens with two attached hydrogens (primary N) is 1. The standard InChI is InChI=1S/C38H35ClN10O3.C3H6/c1-41-30-20-34(45-49-33(36(40)51)22-43-37(30)49)47-17-13-27-26(3-2-4-31(27)47)29-9-8-25(21-42-29)46-15-11-23(12-16-46)5-6-24-7-10-32(28(39)19-24)48-18-14-35(50)44-38(48)52;1-2-3-1/h2-4,7-10,19-23,41H,11-18H2,1H3,(H2,40,51)(H,44,50,52);1-3H2. The lowest BCUT2D eigenvalue weighted by atomic mass is 9.96. The Hall–Kier alpha value is -6.13. The normalized spacial score (nSPS) is 16.5. The van der Waals surface area contributed by atoms with Gasteiger partial charge in [-0.15, -0.1) is 5.10 Å². The summed E-state index contributed by atoms with van der Waals surface area (Å²) in [6, 6.07) is 17.3. The summed E-state index contributed by atoms with van der Waals surface area (Å²) in [5.41, 5.74) is 13.8. The van der Waals surface area contributed by atoms with Crippen LogP contribution < -0.4 is 31.1 Å². The van der Waals surface area contributed by atoms with Gasteiger partial charge in [0.15, 0.2) is 11.5 Å². The van der Waals surface area contributed by atoms with Crippen molar-refractivity contribution in [1.82, 2.24) is 24.9 Å². The minimum Gasteiger partial charge on any atom is -0.385 e. The molecular weight excluding hydrogens is 716 g/mol. The van der Waals surface area contributed by atoms with Crippen LogP contribution >= 0.6 is 11.6 Å². The van der Waals surface area contributed by atoms with Crippen molar-refractivity contribution in [1.29, 1.82) is 0 Å². The summed E-state index contributed by atoms with van der Waals surface area (Å²) in [5, 5.41) is 10.7. The second-order valence-corrected chi connectivity index (χ2v) is 14.4. The molecule has 0 radical (unpaired) electrons. The van der Waals surface area contributed by atoms with Crippen molar-refractivity contribution in [2.45, 2.75) is 44.9 Å². The van der Waals surface area contributed by atoms with Gasteiger partial charge in [0, 0.05) is 68.4 Å². The first kappa shape index (κ1) is 35.9. The van der Waals surface area contributed by atoms with Crippen LogP contribution in [0.1, 0.15) is 60.1 Å². The van der Waals surface area contributed by atoms with Crippen LogP contribution in [-0.4, -0.2) is 70.7 Å². The van der Waals surface area contributed by atoms with E-state index in [9.17, 15) is 14.4 Å². The number of halogens is 1. The van der Waals surface area contributed by atoms with Gasteiger partial charge in [-0.3, -0.25) is 24.8 Å². The van der Waals surface area contributed by atoms with Crippen molar-refractivity contribution in [2.75, 3.05) is 53.2 Å². The first-order valence-electron chi connectivity index (χ1n) is 18.7. The number of nitrogens with zero attached hydrogens (tertiary/aromatic N) is 7. The van der Waals surface area contributed by atoms with Crippen LogP contribution in [0.15, 0.2) is 67.0 Å². The largest absolute Gasteiger partial charge is 0.385 e. The molecule has 280 valence electrons. The van der Waals surface area contributed by atoms with Crippen molar-refractivity contribution >= 4 is 63.7 Å². The number of benzene rings is 2. The summed E-state index contributed by atoms with van der Waals surface area (Å²) in [4.78, 5) is 51.0. The van der Waals surface area contributed by atoms with Crippen LogP contribution in [0.3, 0.4) is 0 Å². The first-order valence-corrected chi connectivity index (χ1v) is 19.0. The number of fused-ring (bicyclic) bond motifs is 2. The molecule has 1 aliphatic carbocycles. The third kappa shape index (κ3) is 7.50. The summed E-state index contributed by atoms with van der Waals surface area (Å²) in [6.45, 7) is 2.77. The quantitative estimate of drug-likeness (QED) is 0.173. The number of anilines is 5. The highest BCUT2D eigenvalue weighted by Crippen LogP contribution is 2.40. The molecule has 55 heavy (non-hydrogen) atoms. The Morgan fingerprint density at radius 2 is 1.73 bits per heavy atom. The maximum Gasteiger partial charge on any atom is 0.328 e. The molecule has 0 spiro atoms. The van der Waals surface area contributed by atoms with Gasteiger partial charge in [0.25, 0.3) is 5.91 Å². The second-order valence-electron chi connectivity index (χ2n) is 14.0. The van der Waals surface area contributed by atoms with Crippen LogP contribution in [0.5, 0.6) is 0 Å². The molecule has 13 nitrogen and oxygen atoms in total. The predicted octanol–water partition coefficient (Wildman–Crippen LogP) is 6.16. The van der Waals surface area contributed by atoms with Gasteiger partial charge < -0.3 is 20.9 Å². The maximum atomic E-state index is 12.2. The highest BCUT2D eigenvalue weighted by molar-refractivity contribution is 6.34. The van der Waals surface area contributed by atoms with E-state index in [0.29, 0.717) is 28.7 Å². The lowest BCUT2D eigenvalue weighted by Gasteiger charge is -2.31. The summed E-state index contributed by atoms with van der Waals surface area (Å²) in [7, 11) is 1.81. The molecule has 0 atom stereocenters. The zero-order valence-electron chi connectivity index (χ0n) is 30.5.